The van der Waals surface area contributed by atoms with Crippen molar-refractivity contribution < 1.29 is 13.2 Å². The zero-order chi connectivity index (χ0) is 11.9. The van der Waals surface area contributed by atoms with Crippen molar-refractivity contribution in [3.05, 3.63) is 0 Å². The van der Waals surface area contributed by atoms with Gasteiger partial charge in [0.25, 0.3) is 0 Å². The van der Waals surface area contributed by atoms with E-state index in [4.69, 9.17) is 4.74 Å². The average Bonchev–Trinajstić information content (AvgIpc) is 2.01. The Labute approximate surface area is 101 Å². The Morgan fingerprint density at radius 2 is 2.07 bits per heavy atom. The van der Waals surface area contributed by atoms with Crippen LogP contribution in [0.4, 0.5) is 0 Å². The molecule has 0 bridgehead atoms. The minimum atomic E-state index is -2.82. The largest absolute Gasteiger partial charge is 0.383 e. The van der Waals surface area contributed by atoms with E-state index in [0.29, 0.717) is 17.9 Å². The summed E-state index contributed by atoms with van der Waals surface area (Å²) in [6.45, 7) is 2.31. The van der Waals surface area contributed by atoms with E-state index in [1.165, 1.54) is 6.26 Å². The topological polar surface area (TPSA) is 46.6 Å². The maximum atomic E-state index is 10.9. The van der Waals surface area contributed by atoms with Crippen LogP contribution in [0.5, 0.6) is 0 Å². The van der Waals surface area contributed by atoms with Gasteiger partial charge in [-0.1, -0.05) is 15.9 Å². The van der Waals surface area contributed by atoms with Gasteiger partial charge in [-0.25, -0.2) is 8.42 Å². The number of alkyl halides is 1. The van der Waals surface area contributed by atoms with Crippen LogP contribution in [0.25, 0.3) is 0 Å². The molecule has 0 spiro atoms. The van der Waals surface area contributed by atoms with Crippen LogP contribution >= 0.6 is 15.9 Å². The number of rotatable bonds is 8. The highest BCUT2D eigenvalue weighted by atomic mass is 79.9. The molecule has 0 N–H and O–H groups in total. The highest BCUT2D eigenvalue weighted by Crippen LogP contribution is 2.02. The van der Waals surface area contributed by atoms with Crippen molar-refractivity contribution in [1.29, 1.82) is 0 Å². The van der Waals surface area contributed by atoms with Gasteiger partial charge in [-0.05, 0) is 20.0 Å². The fraction of sp³-hybridized carbons (Fsp3) is 1.00. The van der Waals surface area contributed by atoms with E-state index in [1.54, 1.807) is 7.11 Å². The van der Waals surface area contributed by atoms with Crippen LogP contribution in [-0.2, 0) is 14.6 Å². The second kappa shape index (κ2) is 7.60. The van der Waals surface area contributed by atoms with E-state index in [2.05, 4.69) is 20.8 Å². The van der Waals surface area contributed by atoms with Gasteiger partial charge in [0.1, 0.15) is 9.84 Å². The molecule has 0 aromatic rings. The second-order valence-electron chi connectivity index (χ2n) is 3.80. The number of halogens is 1. The Morgan fingerprint density at radius 1 is 1.47 bits per heavy atom. The fourth-order valence-corrected chi connectivity index (χ4v) is 2.67. The Morgan fingerprint density at radius 3 is 2.53 bits per heavy atom. The summed E-state index contributed by atoms with van der Waals surface area (Å²) in [7, 11) is 0.821. The van der Waals surface area contributed by atoms with Gasteiger partial charge in [0.15, 0.2) is 0 Å². The summed E-state index contributed by atoms with van der Waals surface area (Å²) in [4.78, 5) is 2.40. The lowest BCUT2D eigenvalue weighted by Gasteiger charge is -2.19. The summed E-state index contributed by atoms with van der Waals surface area (Å²) < 4.78 is 26.8. The summed E-state index contributed by atoms with van der Waals surface area (Å²) in [5.41, 5.74) is 0. The minimum absolute atomic E-state index is 0.259. The van der Waals surface area contributed by atoms with Crippen molar-refractivity contribution in [3.8, 4) is 0 Å². The van der Waals surface area contributed by atoms with Crippen LogP contribution in [0.1, 0.15) is 6.42 Å². The molecule has 92 valence electrons. The highest BCUT2D eigenvalue weighted by molar-refractivity contribution is 9.09. The third kappa shape index (κ3) is 10.6. The van der Waals surface area contributed by atoms with Crippen LogP contribution in [-0.4, -0.2) is 64.0 Å². The molecule has 0 aromatic heterocycles. The molecule has 0 rings (SSSR count). The number of sulfone groups is 1. The zero-order valence-corrected chi connectivity index (χ0v) is 12.0. The van der Waals surface area contributed by atoms with Crippen LogP contribution < -0.4 is 0 Å². The standard InChI is InChI=1S/C9H20BrNO3S/c1-11(7-9(10)8-14-2)5-4-6-15(3,12)13/h9H,4-8H2,1-3H3. The Bertz CT molecular complexity index is 256. The van der Waals surface area contributed by atoms with Gasteiger partial charge in [0.2, 0.25) is 0 Å². The number of ether oxygens (including phenoxy) is 1. The molecule has 0 radical (unpaired) electrons. The first-order valence-electron chi connectivity index (χ1n) is 4.84. The van der Waals surface area contributed by atoms with Crippen LogP contribution in [0.3, 0.4) is 0 Å². The van der Waals surface area contributed by atoms with Crippen molar-refractivity contribution in [2.45, 2.75) is 11.2 Å². The number of nitrogens with zero attached hydrogens (tertiary/aromatic N) is 1. The maximum Gasteiger partial charge on any atom is 0.147 e. The van der Waals surface area contributed by atoms with E-state index in [9.17, 15) is 8.42 Å². The first-order chi connectivity index (χ1) is 6.85. The number of methoxy groups -OCH3 is 1. The van der Waals surface area contributed by atoms with E-state index >= 15 is 0 Å². The molecule has 0 aromatic carbocycles. The molecule has 0 aliphatic rings. The Hall–Kier alpha value is 0.350. The monoisotopic (exact) mass is 301 g/mol. The Kier molecular flexibility index (Phi) is 7.77. The third-order valence-corrected chi connectivity index (χ3v) is 3.50. The van der Waals surface area contributed by atoms with E-state index in [1.807, 2.05) is 7.05 Å². The van der Waals surface area contributed by atoms with Crippen molar-refractivity contribution in [2.75, 3.05) is 45.9 Å². The summed E-state index contributed by atoms with van der Waals surface area (Å²) >= 11 is 3.49. The summed E-state index contributed by atoms with van der Waals surface area (Å²) in [6, 6.07) is 0. The first-order valence-corrected chi connectivity index (χ1v) is 7.82. The van der Waals surface area contributed by atoms with Gasteiger partial charge in [-0.15, -0.1) is 0 Å². The lowest BCUT2D eigenvalue weighted by Crippen LogP contribution is -2.30. The van der Waals surface area contributed by atoms with Crippen LogP contribution in [0.2, 0.25) is 0 Å². The van der Waals surface area contributed by atoms with Gasteiger partial charge in [-0.3, -0.25) is 0 Å². The fourth-order valence-electron chi connectivity index (χ4n) is 1.26. The van der Waals surface area contributed by atoms with Crippen molar-refractivity contribution in [3.63, 3.8) is 0 Å². The second-order valence-corrected chi connectivity index (χ2v) is 7.35. The molecule has 0 saturated carbocycles. The van der Waals surface area contributed by atoms with Gasteiger partial charge in [0, 0.05) is 19.9 Å². The zero-order valence-electron chi connectivity index (χ0n) is 9.57. The molecular weight excluding hydrogens is 282 g/mol. The van der Waals surface area contributed by atoms with Crippen molar-refractivity contribution in [2.24, 2.45) is 0 Å². The third-order valence-electron chi connectivity index (χ3n) is 1.91. The van der Waals surface area contributed by atoms with Gasteiger partial charge in [0.05, 0.1) is 17.2 Å². The average molecular weight is 302 g/mol. The van der Waals surface area contributed by atoms with E-state index < -0.39 is 9.84 Å². The van der Waals surface area contributed by atoms with Crippen molar-refractivity contribution in [1.82, 2.24) is 4.90 Å². The SMILES string of the molecule is COCC(Br)CN(C)CCCS(C)(=O)=O. The summed E-state index contributed by atoms with van der Waals surface area (Å²) in [5.74, 6) is 0.259. The van der Waals surface area contributed by atoms with Crippen LogP contribution in [0.15, 0.2) is 0 Å². The van der Waals surface area contributed by atoms with Gasteiger partial charge < -0.3 is 9.64 Å². The predicted octanol–water partition coefficient (Wildman–Crippen LogP) is 0.763. The first kappa shape index (κ1) is 15.3. The molecule has 0 saturated heterocycles. The minimum Gasteiger partial charge on any atom is -0.383 e. The summed E-state index contributed by atoms with van der Waals surface area (Å²) in [5, 5.41) is 0. The normalized spacial score (nSPS) is 14.5. The molecule has 0 heterocycles. The van der Waals surface area contributed by atoms with E-state index in [0.717, 1.165) is 13.1 Å². The quantitative estimate of drug-likeness (QED) is 0.621. The molecular formula is C9H20BrNO3S. The van der Waals surface area contributed by atoms with E-state index in [-0.39, 0.29) is 5.75 Å². The molecule has 1 atom stereocenters. The molecule has 0 amide bonds. The van der Waals surface area contributed by atoms with Crippen LogP contribution in [0, 0.1) is 0 Å². The van der Waals surface area contributed by atoms with Gasteiger partial charge >= 0.3 is 0 Å². The summed E-state index contributed by atoms with van der Waals surface area (Å²) in [6.07, 6.45) is 1.95. The van der Waals surface area contributed by atoms with Gasteiger partial charge in [-0.2, -0.15) is 0 Å². The number of hydrogen-bond acceptors (Lipinski definition) is 4. The maximum absolute atomic E-state index is 10.9. The lowest BCUT2D eigenvalue weighted by molar-refractivity contribution is 0.186. The molecule has 0 aliphatic heterocycles. The number of hydrogen-bond donors (Lipinski definition) is 0. The molecule has 0 aliphatic carbocycles. The smallest absolute Gasteiger partial charge is 0.147 e. The molecule has 15 heavy (non-hydrogen) atoms. The predicted molar refractivity (Wildman–Crippen MR) is 66.4 cm³/mol. The lowest BCUT2D eigenvalue weighted by atomic mass is 10.4. The van der Waals surface area contributed by atoms with Crippen molar-refractivity contribution >= 4 is 25.8 Å². The molecule has 1 unspecified atom stereocenters. The molecule has 4 nitrogen and oxygen atoms in total. The highest BCUT2D eigenvalue weighted by Gasteiger charge is 2.08. The Balaban J connectivity index is 3.61. The molecule has 6 heteroatoms. The molecule has 0 fully saturated rings.